The predicted octanol–water partition coefficient (Wildman–Crippen LogP) is 2.93. The molecular weight excluding hydrogens is 172 g/mol. The predicted molar refractivity (Wildman–Crippen MR) is 61.5 cm³/mol. The first-order chi connectivity index (χ1) is 6.77. The van der Waals surface area contributed by atoms with Crippen molar-refractivity contribution in [2.24, 2.45) is 0 Å². The van der Waals surface area contributed by atoms with Gasteiger partial charge < -0.3 is 11.1 Å². The van der Waals surface area contributed by atoms with Gasteiger partial charge in [0.1, 0.15) is 0 Å². The molecule has 0 atom stereocenters. The van der Waals surface area contributed by atoms with E-state index in [1.54, 1.807) is 0 Å². The third-order valence-electron chi connectivity index (χ3n) is 3.01. The van der Waals surface area contributed by atoms with Crippen molar-refractivity contribution >= 4 is 11.4 Å². The van der Waals surface area contributed by atoms with E-state index in [2.05, 4.69) is 18.3 Å². The summed E-state index contributed by atoms with van der Waals surface area (Å²) in [6.45, 7) is 2.10. The summed E-state index contributed by atoms with van der Waals surface area (Å²) in [6.07, 6.45) is 5.27. The molecule has 0 bridgehead atoms. The van der Waals surface area contributed by atoms with E-state index < -0.39 is 0 Å². The molecule has 14 heavy (non-hydrogen) atoms. The molecule has 3 N–H and O–H groups in total. The Morgan fingerprint density at radius 3 is 2.64 bits per heavy atom. The fourth-order valence-corrected chi connectivity index (χ4v) is 2.16. The lowest BCUT2D eigenvalue weighted by Crippen LogP contribution is -2.16. The number of anilines is 2. The third kappa shape index (κ3) is 1.84. The third-order valence-corrected chi connectivity index (χ3v) is 3.01. The van der Waals surface area contributed by atoms with Gasteiger partial charge in [-0.05, 0) is 31.4 Å². The van der Waals surface area contributed by atoms with Crippen LogP contribution in [0.3, 0.4) is 0 Å². The van der Waals surface area contributed by atoms with Gasteiger partial charge in [0, 0.05) is 6.04 Å². The largest absolute Gasteiger partial charge is 0.397 e. The Morgan fingerprint density at radius 1 is 1.29 bits per heavy atom. The van der Waals surface area contributed by atoms with Crippen molar-refractivity contribution < 1.29 is 0 Å². The summed E-state index contributed by atoms with van der Waals surface area (Å²) in [5.41, 5.74) is 9.19. The van der Waals surface area contributed by atoms with Crippen molar-refractivity contribution in [2.75, 3.05) is 11.1 Å². The summed E-state index contributed by atoms with van der Waals surface area (Å²) < 4.78 is 0. The number of hydrogen-bond donors (Lipinski definition) is 2. The van der Waals surface area contributed by atoms with Gasteiger partial charge in [-0.25, -0.2) is 0 Å². The van der Waals surface area contributed by atoms with Gasteiger partial charge in [-0.15, -0.1) is 0 Å². The van der Waals surface area contributed by atoms with Crippen LogP contribution in [0.4, 0.5) is 11.4 Å². The van der Waals surface area contributed by atoms with E-state index in [0.29, 0.717) is 6.04 Å². The van der Waals surface area contributed by atoms with Crippen LogP contribution in [0.1, 0.15) is 31.2 Å². The number of nitrogen functional groups attached to an aromatic ring is 1. The van der Waals surface area contributed by atoms with Crippen LogP contribution < -0.4 is 11.1 Å². The fourth-order valence-electron chi connectivity index (χ4n) is 2.16. The minimum absolute atomic E-state index is 0.637. The highest BCUT2D eigenvalue weighted by Gasteiger charge is 2.15. The van der Waals surface area contributed by atoms with Crippen molar-refractivity contribution in [1.82, 2.24) is 0 Å². The second-order valence-corrected chi connectivity index (χ2v) is 4.16. The monoisotopic (exact) mass is 190 g/mol. The summed E-state index contributed by atoms with van der Waals surface area (Å²) in [5.74, 6) is 0. The van der Waals surface area contributed by atoms with Gasteiger partial charge in [-0.2, -0.15) is 0 Å². The Kier molecular flexibility index (Phi) is 2.62. The Labute approximate surface area is 85.5 Å². The standard InChI is InChI=1S/C12H18N2/c1-9-5-4-8-11(13)12(9)14-10-6-2-3-7-10/h4-5,8,10,14H,2-3,6-7,13H2,1H3. The molecule has 1 aromatic carbocycles. The fraction of sp³-hybridized carbons (Fsp3) is 0.500. The molecule has 1 aliphatic rings. The molecule has 0 radical (unpaired) electrons. The van der Waals surface area contributed by atoms with Gasteiger partial charge in [0.25, 0.3) is 0 Å². The van der Waals surface area contributed by atoms with E-state index in [0.717, 1.165) is 11.4 Å². The van der Waals surface area contributed by atoms with Crippen LogP contribution in [0.25, 0.3) is 0 Å². The van der Waals surface area contributed by atoms with E-state index in [4.69, 9.17) is 5.73 Å². The number of nitrogens with two attached hydrogens (primary N) is 1. The zero-order chi connectivity index (χ0) is 9.97. The maximum absolute atomic E-state index is 5.94. The summed E-state index contributed by atoms with van der Waals surface area (Å²) in [6, 6.07) is 6.71. The normalized spacial score (nSPS) is 17.2. The minimum atomic E-state index is 0.637. The maximum Gasteiger partial charge on any atom is 0.0605 e. The minimum Gasteiger partial charge on any atom is -0.397 e. The highest BCUT2D eigenvalue weighted by Crippen LogP contribution is 2.28. The first-order valence-corrected chi connectivity index (χ1v) is 5.39. The second kappa shape index (κ2) is 3.91. The average Bonchev–Trinajstić information content (AvgIpc) is 2.64. The Balaban J connectivity index is 2.14. The first-order valence-electron chi connectivity index (χ1n) is 5.39. The quantitative estimate of drug-likeness (QED) is 0.704. The summed E-state index contributed by atoms with van der Waals surface area (Å²) in [7, 11) is 0. The van der Waals surface area contributed by atoms with E-state index in [-0.39, 0.29) is 0 Å². The molecule has 1 fully saturated rings. The van der Waals surface area contributed by atoms with Gasteiger partial charge in [-0.1, -0.05) is 25.0 Å². The number of hydrogen-bond acceptors (Lipinski definition) is 2. The molecule has 0 unspecified atom stereocenters. The highest BCUT2D eigenvalue weighted by atomic mass is 14.9. The molecule has 2 rings (SSSR count). The van der Waals surface area contributed by atoms with Crippen molar-refractivity contribution in [1.29, 1.82) is 0 Å². The second-order valence-electron chi connectivity index (χ2n) is 4.16. The lowest BCUT2D eigenvalue weighted by molar-refractivity contribution is 0.755. The van der Waals surface area contributed by atoms with E-state index >= 15 is 0 Å². The van der Waals surface area contributed by atoms with Crippen LogP contribution in [0.2, 0.25) is 0 Å². The maximum atomic E-state index is 5.94. The summed E-state index contributed by atoms with van der Waals surface area (Å²) in [4.78, 5) is 0. The molecule has 2 heteroatoms. The zero-order valence-electron chi connectivity index (χ0n) is 8.72. The first kappa shape index (κ1) is 9.38. The van der Waals surface area contributed by atoms with Crippen LogP contribution in [-0.4, -0.2) is 6.04 Å². The zero-order valence-corrected chi connectivity index (χ0v) is 8.72. The van der Waals surface area contributed by atoms with Crippen molar-refractivity contribution in [3.63, 3.8) is 0 Å². The van der Waals surface area contributed by atoms with Crippen LogP contribution in [0.5, 0.6) is 0 Å². The van der Waals surface area contributed by atoms with Gasteiger partial charge in [0.15, 0.2) is 0 Å². The van der Waals surface area contributed by atoms with Crippen molar-refractivity contribution in [2.45, 2.75) is 38.6 Å². The van der Waals surface area contributed by atoms with Gasteiger partial charge in [-0.3, -0.25) is 0 Å². The summed E-state index contributed by atoms with van der Waals surface area (Å²) >= 11 is 0. The Morgan fingerprint density at radius 2 is 2.00 bits per heavy atom. The van der Waals surface area contributed by atoms with Gasteiger partial charge in [0.05, 0.1) is 11.4 Å². The number of para-hydroxylation sites is 1. The highest BCUT2D eigenvalue weighted by molar-refractivity contribution is 5.70. The van der Waals surface area contributed by atoms with Crippen molar-refractivity contribution in [3.05, 3.63) is 23.8 Å². The SMILES string of the molecule is Cc1cccc(N)c1NC1CCCC1. The molecule has 2 nitrogen and oxygen atoms in total. The molecule has 1 aromatic rings. The van der Waals surface area contributed by atoms with E-state index in [1.807, 2.05) is 12.1 Å². The Hall–Kier alpha value is -1.18. The number of rotatable bonds is 2. The number of aryl methyl sites for hydroxylation is 1. The average molecular weight is 190 g/mol. The Bertz CT molecular complexity index is 294. The topological polar surface area (TPSA) is 38.0 Å². The molecule has 1 saturated carbocycles. The van der Waals surface area contributed by atoms with E-state index in [1.165, 1.54) is 31.2 Å². The van der Waals surface area contributed by atoms with Crippen molar-refractivity contribution in [3.8, 4) is 0 Å². The van der Waals surface area contributed by atoms with Gasteiger partial charge in [0.2, 0.25) is 0 Å². The molecule has 76 valence electrons. The smallest absolute Gasteiger partial charge is 0.0605 e. The van der Waals surface area contributed by atoms with Gasteiger partial charge >= 0.3 is 0 Å². The molecule has 0 aliphatic heterocycles. The molecule has 0 saturated heterocycles. The molecule has 0 heterocycles. The van der Waals surface area contributed by atoms with E-state index in [9.17, 15) is 0 Å². The van der Waals surface area contributed by atoms with Crippen LogP contribution >= 0.6 is 0 Å². The van der Waals surface area contributed by atoms with Crippen LogP contribution in [-0.2, 0) is 0 Å². The summed E-state index contributed by atoms with van der Waals surface area (Å²) in [5, 5.41) is 3.55. The molecule has 0 amide bonds. The lowest BCUT2D eigenvalue weighted by atomic mass is 10.1. The molecule has 1 aliphatic carbocycles. The molecule has 0 aromatic heterocycles. The number of benzene rings is 1. The lowest BCUT2D eigenvalue weighted by Gasteiger charge is -2.17. The molecule has 0 spiro atoms. The van der Waals surface area contributed by atoms with Crippen LogP contribution in [0.15, 0.2) is 18.2 Å². The number of nitrogens with one attached hydrogen (secondary N) is 1. The van der Waals surface area contributed by atoms with Crippen LogP contribution in [0, 0.1) is 6.92 Å². The molecular formula is C12H18N2.